The third-order valence-electron chi connectivity index (χ3n) is 7.08. The zero-order chi connectivity index (χ0) is 23.9. The molecule has 0 bridgehead atoms. The van der Waals surface area contributed by atoms with Crippen LogP contribution in [-0.2, 0) is 29.5 Å². The highest BCUT2D eigenvalue weighted by molar-refractivity contribution is 5.84. The van der Waals surface area contributed by atoms with Crippen molar-refractivity contribution in [2.75, 3.05) is 6.54 Å². The molecule has 2 unspecified atom stereocenters. The van der Waals surface area contributed by atoms with Gasteiger partial charge in [0.2, 0.25) is 5.89 Å². The molecular weight excluding hydrogens is 434 g/mol. The fraction of sp³-hybridized carbons (Fsp3) is 0.300. The third-order valence-corrected chi connectivity index (χ3v) is 7.08. The Bertz CT molecular complexity index is 1220. The molecule has 5 rings (SSSR count). The first-order chi connectivity index (χ1) is 17.2. The Kier molecular flexibility index (Phi) is 7.15. The molecular formula is C30H31N3O2. The Labute approximate surface area is 206 Å². The molecule has 0 radical (unpaired) electrons. The van der Waals surface area contributed by atoms with E-state index < -0.39 is 5.41 Å². The molecule has 1 saturated heterocycles. The van der Waals surface area contributed by atoms with Crippen molar-refractivity contribution in [1.29, 1.82) is 0 Å². The smallest absolute Gasteiger partial charge is 0.227 e. The van der Waals surface area contributed by atoms with Crippen LogP contribution in [0.4, 0.5) is 0 Å². The van der Waals surface area contributed by atoms with E-state index in [-0.39, 0.29) is 11.8 Å². The lowest BCUT2D eigenvalue weighted by atomic mass is 9.69. The fourth-order valence-electron chi connectivity index (χ4n) is 5.09. The van der Waals surface area contributed by atoms with Gasteiger partial charge in [-0.05, 0) is 48.9 Å². The lowest BCUT2D eigenvalue weighted by molar-refractivity contribution is -0.122. The summed E-state index contributed by atoms with van der Waals surface area (Å²) in [5.74, 6) is 1.57. The van der Waals surface area contributed by atoms with E-state index in [0.29, 0.717) is 31.0 Å². The van der Waals surface area contributed by atoms with Crippen molar-refractivity contribution in [2.45, 2.75) is 50.0 Å². The third kappa shape index (κ3) is 5.41. The van der Waals surface area contributed by atoms with Crippen LogP contribution in [0.15, 0.2) is 95.5 Å². The summed E-state index contributed by atoms with van der Waals surface area (Å²) in [5.41, 5.74) is 3.12. The highest BCUT2D eigenvalue weighted by Gasteiger charge is 2.44. The summed E-state index contributed by atoms with van der Waals surface area (Å²) in [7, 11) is 0. The summed E-state index contributed by atoms with van der Waals surface area (Å²) in [6, 6.07) is 30.6. The van der Waals surface area contributed by atoms with E-state index in [0.717, 1.165) is 31.4 Å². The largest absolute Gasteiger partial charge is 0.339 e. The average Bonchev–Trinajstić information content (AvgIpc) is 3.42. The number of aromatic nitrogens is 2. The molecule has 5 heteroatoms. The molecule has 3 aromatic carbocycles. The first kappa shape index (κ1) is 23.2. The van der Waals surface area contributed by atoms with Crippen LogP contribution in [0.3, 0.4) is 0 Å². The first-order valence-electron chi connectivity index (χ1n) is 12.5. The predicted octanol–water partition coefficient (Wildman–Crippen LogP) is 5.09. The summed E-state index contributed by atoms with van der Waals surface area (Å²) in [5, 5.41) is 7.93. The Balaban J connectivity index is 1.35. The number of Topliss-reactive ketones (excluding diaryl/α,β-unsaturated/α-hetero) is 1. The highest BCUT2D eigenvalue weighted by Crippen LogP contribution is 2.40. The number of ketones is 1. The maximum absolute atomic E-state index is 13.3. The Morgan fingerprint density at radius 2 is 1.49 bits per heavy atom. The molecule has 0 amide bonds. The number of benzene rings is 3. The van der Waals surface area contributed by atoms with Gasteiger partial charge in [-0.1, -0.05) is 96.2 Å². The molecule has 1 aliphatic rings. The summed E-state index contributed by atoms with van der Waals surface area (Å²) in [6.07, 6.45) is 4.26. The number of piperidine rings is 1. The number of aryl methyl sites for hydroxylation is 3. The second-order valence-electron chi connectivity index (χ2n) is 9.36. The maximum atomic E-state index is 13.3. The van der Waals surface area contributed by atoms with Gasteiger partial charge in [0.15, 0.2) is 5.82 Å². The number of carbonyl (C=O) groups excluding carboxylic acids is 1. The standard InChI is InChI=1S/C30H31N3O2/c34-27(18-16-23-10-4-1-5-11-23)26-22-30(20-21-31-26,25-14-8-3-9-15-25)29-32-28(35-33-29)19-17-24-12-6-2-7-13-24/h1-15,26,31H,16-22H2. The molecule has 1 N–H and O–H groups in total. The normalized spacial score (nSPS) is 19.9. The van der Waals surface area contributed by atoms with Crippen molar-refractivity contribution >= 4 is 5.78 Å². The topological polar surface area (TPSA) is 68.0 Å². The maximum Gasteiger partial charge on any atom is 0.227 e. The van der Waals surface area contributed by atoms with Crippen LogP contribution in [0, 0.1) is 0 Å². The van der Waals surface area contributed by atoms with Crippen LogP contribution < -0.4 is 5.32 Å². The van der Waals surface area contributed by atoms with E-state index in [9.17, 15) is 4.79 Å². The van der Waals surface area contributed by atoms with Crippen LogP contribution in [0.5, 0.6) is 0 Å². The SMILES string of the molecule is O=C(CCc1ccccc1)C1CC(c2ccccc2)(c2noc(CCc3ccccc3)n2)CCN1. The van der Waals surface area contributed by atoms with Crippen molar-refractivity contribution in [3.05, 3.63) is 119 Å². The summed E-state index contributed by atoms with van der Waals surface area (Å²) < 4.78 is 5.72. The molecule has 0 saturated carbocycles. The van der Waals surface area contributed by atoms with E-state index >= 15 is 0 Å². The molecule has 178 valence electrons. The Hall–Kier alpha value is -3.57. The molecule has 1 aliphatic heterocycles. The number of nitrogens with zero attached hydrogens (tertiary/aromatic N) is 2. The number of hydrogen-bond acceptors (Lipinski definition) is 5. The summed E-state index contributed by atoms with van der Waals surface area (Å²) in [6.45, 7) is 0.727. The second-order valence-corrected chi connectivity index (χ2v) is 9.36. The fourth-order valence-corrected chi connectivity index (χ4v) is 5.09. The van der Waals surface area contributed by atoms with Crippen molar-refractivity contribution in [1.82, 2.24) is 15.5 Å². The molecule has 2 atom stereocenters. The number of carbonyl (C=O) groups is 1. The van der Waals surface area contributed by atoms with E-state index in [1.807, 2.05) is 54.6 Å². The van der Waals surface area contributed by atoms with Crippen molar-refractivity contribution in [3.63, 3.8) is 0 Å². The van der Waals surface area contributed by atoms with E-state index in [1.165, 1.54) is 11.1 Å². The van der Waals surface area contributed by atoms with Gasteiger partial charge in [0.1, 0.15) is 5.78 Å². The van der Waals surface area contributed by atoms with Crippen molar-refractivity contribution < 1.29 is 9.32 Å². The molecule has 4 aromatic rings. The minimum atomic E-state index is -0.450. The zero-order valence-corrected chi connectivity index (χ0v) is 19.9. The van der Waals surface area contributed by atoms with Crippen molar-refractivity contribution in [3.8, 4) is 0 Å². The average molecular weight is 466 g/mol. The summed E-state index contributed by atoms with van der Waals surface area (Å²) >= 11 is 0. The van der Waals surface area contributed by atoms with Crippen LogP contribution in [0.25, 0.3) is 0 Å². The van der Waals surface area contributed by atoms with Gasteiger partial charge in [-0.3, -0.25) is 4.79 Å². The van der Waals surface area contributed by atoms with Gasteiger partial charge in [-0.2, -0.15) is 4.98 Å². The van der Waals surface area contributed by atoms with Crippen LogP contribution in [0.1, 0.15) is 47.7 Å². The number of rotatable bonds is 9. The zero-order valence-electron chi connectivity index (χ0n) is 19.9. The Morgan fingerprint density at radius 3 is 2.17 bits per heavy atom. The van der Waals surface area contributed by atoms with Crippen LogP contribution in [0.2, 0.25) is 0 Å². The monoisotopic (exact) mass is 465 g/mol. The van der Waals surface area contributed by atoms with E-state index in [1.54, 1.807) is 0 Å². The van der Waals surface area contributed by atoms with Gasteiger partial charge in [-0.25, -0.2) is 0 Å². The lowest BCUT2D eigenvalue weighted by Gasteiger charge is -2.39. The summed E-state index contributed by atoms with van der Waals surface area (Å²) in [4.78, 5) is 18.1. The lowest BCUT2D eigenvalue weighted by Crippen LogP contribution is -2.51. The van der Waals surface area contributed by atoms with Gasteiger partial charge < -0.3 is 9.84 Å². The minimum Gasteiger partial charge on any atom is -0.339 e. The molecule has 1 aromatic heterocycles. The molecule has 5 nitrogen and oxygen atoms in total. The van der Waals surface area contributed by atoms with Gasteiger partial charge in [-0.15, -0.1) is 0 Å². The van der Waals surface area contributed by atoms with Crippen LogP contribution >= 0.6 is 0 Å². The highest BCUT2D eigenvalue weighted by atomic mass is 16.5. The molecule has 0 aliphatic carbocycles. The first-order valence-corrected chi connectivity index (χ1v) is 12.5. The van der Waals surface area contributed by atoms with Gasteiger partial charge in [0, 0.05) is 12.8 Å². The van der Waals surface area contributed by atoms with Gasteiger partial charge >= 0.3 is 0 Å². The van der Waals surface area contributed by atoms with Crippen LogP contribution in [-0.4, -0.2) is 28.5 Å². The number of hydrogen-bond donors (Lipinski definition) is 1. The van der Waals surface area contributed by atoms with Gasteiger partial charge in [0.05, 0.1) is 11.5 Å². The van der Waals surface area contributed by atoms with E-state index in [2.05, 4.69) is 46.9 Å². The predicted molar refractivity (Wildman–Crippen MR) is 136 cm³/mol. The van der Waals surface area contributed by atoms with E-state index in [4.69, 9.17) is 9.51 Å². The molecule has 1 fully saturated rings. The molecule has 0 spiro atoms. The number of nitrogens with one attached hydrogen (secondary N) is 1. The minimum absolute atomic E-state index is 0.237. The Morgan fingerprint density at radius 1 is 0.857 bits per heavy atom. The second kappa shape index (κ2) is 10.8. The van der Waals surface area contributed by atoms with Crippen molar-refractivity contribution in [2.24, 2.45) is 0 Å². The quantitative estimate of drug-likeness (QED) is 0.373. The molecule has 2 heterocycles. The molecule has 35 heavy (non-hydrogen) atoms. The van der Waals surface area contributed by atoms with Gasteiger partial charge in [0.25, 0.3) is 0 Å².